The Bertz CT molecular complexity index is 830. The Kier molecular flexibility index (Phi) is 30.0. The molecule has 0 amide bonds. The zero-order valence-corrected chi connectivity index (χ0v) is 31.9. The summed E-state index contributed by atoms with van der Waals surface area (Å²) in [5, 5.41) is 0. The van der Waals surface area contributed by atoms with Crippen molar-refractivity contribution >= 4 is 19.8 Å². The highest BCUT2D eigenvalue weighted by atomic mass is 31.2. The normalized spacial score (nSPS) is 13.9. The first kappa shape index (κ1) is 45.8. The van der Waals surface area contributed by atoms with Crippen LogP contribution < -0.4 is 0 Å². The van der Waals surface area contributed by atoms with Crippen molar-refractivity contribution in [1.82, 2.24) is 0 Å². The van der Waals surface area contributed by atoms with Crippen LogP contribution in [0.5, 0.6) is 0 Å². The first-order valence-electron chi connectivity index (χ1n) is 18.9. The standard InChI is InChI=1S/C37H72NO8P/c1-6-8-10-12-14-16-18-20-22-24-26-28-30-37(40)46-35(34-45-47(41,42)44-32-31-38(3,4)5)33-43-36(39)29-27-25-23-21-19-17-15-13-11-9-7-2/h14,16,35H,6-13,15,17-34H2,1-5H3/p+1. The molecule has 2 unspecified atom stereocenters. The van der Waals surface area contributed by atoms with E-state index in [0.29, 0.717) is 23.9 Å². The number of ether oxygens (including phenoxy) is 2. The summed E-state index contributed by atoms with van der Waals surface area (Å²) in [5.41, 5.74) is 0. The second kappa shape index (κ2) is 30.8. The molecule has 0 aromatic rings. The van der Waals surface area contributed by atoms with Crippen molar-refractivity contribution in [3.8, 4) is 0 Å². The summed E-state index contributed by atoms with van der Waals surface area (Å²) in [4.78, 5) is 35.1. The molecule has 0 aliphatic carbocycles. The van der Waals surface area contributed by atoms with Crippen molar-refractivity contribution in [2.75, 3.05) is 47.5 Å². The maximum absolute atomic E-state index is 12.6. The van der Waals surface area contributed by atoms with E-state index in [4.69, 9.17) is 18.5 Å². The first-order chi connectivity index (χ1) is 22.5. The summed E-state index contributed by atoms with van der Waals surface area (Å²) < 4.78 is 34.1. The Balaban J connectivity index is 4.46. The smallest absolute Gasteiger partial charge is 0.462 e. The number of carbonyl (C=O) groups is 2. The van der Waals surface area contributed by atoms with Crippen LogP contribution in [0.25, 0.3) is 0 Å². The van der Waals surface area contributed by atoms with Gasteiger partial charge in [0.1, 0.15) is 19.8 Å². The fraction of sp³-hybridized carbons (Fsp3) is 0.892. The highest BCUT2D eigenvalue weighted by Crippen LogP contribution is 2.43. The first-order valence-corrected chi connectivity index (χ1v) is 20.4. The number of hydrogen-bond acceptors (Lipinski definition) is 7. The molecule has 0 heterocycles. The summed E-state index contributed by atoms with van der Waals surface area (Å²) >= 11 is 0. The van der Waals surface area contributed by atoms with Crippen LogP contribution in [0.3, 0.4) is 0 Å². The van der Waals surface area contributed by atoms with E-state index in [1.807, 2.05) is 21.1 Å². The number of phosphoric ester groups is 1. The molecule has 0 fully saturated rings. The summed E-state index contributed by atoms with van der Waals surface area (Å²) in [6.07, 6.45) is 28.3. The minimum Gasteiger partial charge on any atom is -0.462 e. The van der Waals surface area contributed by atoms with Crippen molar-refractivity contribution in [1.29, 1.82) is 0 Å². The lowest BCUT2D eigenvalue weighted by atomic mass is 10.1. The molecular formula is C37H73NO8P+. The quantitative estimate of drug-likeness (QED) is 0.0234. The van der Waals surface area contributed by atoms with Crippen molar-refractivity contribution in [2.24, 2.45) is 0 Å². The third kappa shape index (κ3) is 34.4. The van der Waals surface area contributed by atoms with Crippen LogP contribution in [0, 0.1) is 0 Å². The van der Waals surface area contributed by atoms with Crippen LogP contribution >= 0.6 is 7.82 Å². The lowest BCUT2D eigenvalue weighted by Crippen LogP contribution is -2.37. The van der Waals surface area contributed by atoms with Gasteiger partial charge in [-0.15, -0.1) is 0 Å². The molecule has 0 aliphatic heterocycles. The van der Waals surface area contributed by atoms with Gasteiger partial charge in [0.2, 0.25) is 0 Å². The van der Waals surface area contributed by atoms with E-state index in [1.54, 1.807) is 0 Å². The van der Waals surface area contributed by atoms with Crippen molar-refractivity contribution in [2.45, 2.75) is 168 Å². The Labute approximate surface area is 288 Å². The number of carbonyl (C=O) groups excluding carboxylic acids is 2. The molecule has 47 heavy (non-hydrogen) atoms. The lowest BCUT2D eigenvalue weighted by molar-refractivity contribution is -0.870. The van der Waals surface area contributed by atoms with Crippen LogP contribution in [-0.4, -0.2) is 74.9 Å². The maximum atomic E-state index is 12.6. The SMILES string of the molecule is CCCCCC=CCCCCCCCC(=O)OC(COC(=O)CCCCCCCCCCCCC)COP(=O)(O)OCC[N+](C)(C)C. The number of phosphoric acid groups is 1. The molecule has 0 spiro atoms. The number of likely N-dealkylation sites (N-methyl/N-ethyl adjacent to an activating group) is 1. The fourth-order valence-corrected chi connectivity index (χ4v) is 5.75. The van der Waals surface area contributed by atoms with Gasteiger partial charge in [0, 0.05) is 12.8 Å². The lowest BCUT2D eigenvalue weighted by Gasteiger charge is -2.24. The zero-order valence-electron chi connectivity index (χ0n) is 31.0. The molecule has 0 aliphatic rings. The average Bonchev–Trinajstić information content (AvgIpc) is 3.01. The van der Waals surface area contributed by atoms with Gasteiger partial charge < -0.3 is 18.9 Å². The van der Waals surface area contributed by atoms with Crippen molar-refractivity contribution in [3.05, 3.63) is 12.2 Å². The second-order valence-corrected chi connectivity index (χ2v) is 15.4. The van der Waals surface area contributed by atoms with Gasteiger partial charge in [-0.1, -0.05) is 122 Å². The van der Waals surface area contributed by atoms with Gasteiger partial charge in [-0.2, -0.15) is 0 Å². The van der Waals surface area contributed by atoms with Gasteiger partial charge in [0.25, 0.3) is 0 Å². The number of allylic oxidation sites excluding steroid dienone is 2. The van der Waals surface area contributed by atoms with Crippen molar-refractivity contribution < 1.29 is 42.1 Å². The van der Waals surface area contributed by atoms with Crippen LogP contribution in [0.15, 0.2) is 12.2 Å². The van der Waals surface area contributed by atoms with E-state index >= 15 is 0 Å². The number of esters is 2. The third-order valence-electron chi connectivity index (χ3n) is 8.05. The molecule has 0 rings (SSSR count). The predicted octanol–water partition coefficient (Wildman–Crippen LogP) is 9.85. The molecule has 0 saturated heterocycles. The number of hydrogen-bond donors (Lipinski definition) is 1. The van der Waals surface area contributed by atoms with Gasteiger partial charge >= 0.3 is 19.8 Å². The van der Waals surface area contributed by atoms with E-state index in [2.05, 4.69) is 26.0 Å². The Hall–Kier alpha value is -1.25. The van der Waals surface area contributed by atoms with Crippen LogP contribution in [0.1, 0.15) is 162 Å². The summed E-state index contributed by atoms with van der Waals surface area (Å²) in [7, 11) is 1.47. The molecule has 278 valence electrons. The molecule has 0 bridgehead atoms. The van der Waals surface area contributed by atoms with E-state index in [9.17, 15) is 19.0 Å². The third-order valence-corrected chi connectivity index (χ3v) is 9.03. The molecular weight excluding hydrogens is 617 g/mol. The predicted molar refractivity (Wildman–Crippen MR) is 192 cm³/mol. The van der Waals surface area contributed by atoms with E-state index < -0.39 is 26.5 Å². The molecule has 10 heteroatoms. The van der Waals surface area contributed by atoms with Gasteiger partial charge in [0.15, 0.2) is 6.10 Å². The van der Waals surface area contributed by atoms with E-state index in [1.165, 1.54) is 77.0 Å². The summed E-state index contributed by atoms with van der Waals surface area (Å²) in [5.74, 6) is -0.807. The average molecular weight is 691 g/mol. The van der Waals surface area contributed by atoms with Crippen LogP contribution in [-0.2, 0) is 32.7 Å². The molecule has 0 aromatic heterocycles. The molecule has 0 radical (unpaired) electrons. The Morgan fingerprint density at radius 2 is 1.09 bits per heavy atom. The highest BCUT2D eigenvalue weighted by Gasteiger charge is 2.27. The number of unbranched alkanes of at least 4 members (excludes halogenated alkanes) is 18. The molecule has 0 saturated carbocycles. The number of nitrogens with zero attached hydrogens (tertiary/aromatic N) is 1. The van der Waals surface area contributed by atoms with Gasteiger partial charge in [-0.25, -0.2) is 4.57 Å². The minimum absolute atomic E-state index is 0.0327. The highest BCUT2D eigenvalue weighted by molar-refractivity contribution is 7.47. The fourth-order valence-electron chi connectivity index (χ4n) is 5.01. The summed E-state index contributed by atoms with van der Waals surface area (Å²) in [6, 6.07) is 0. The molecule has 2 atom stereocenters. The largest absolute Gasteiger partial charge is 0.472 e. The zero-order chi connectivity index (χ0) is 35.1. The van der Waals surface area contributed by atoms with Gasteiger partial charge in [-0.05, 0) is 38.5 Å². The van der Waals surface area contributed by atoms with E-state index in [-0.39, 0.29) is 25.6 Å². The number of quaternary nitrogens is 1. The minimum atomic E-state index is -4.36. The summed E-state index contributed by atoms with van der Waals surface area (Å²) in [6.45, 7) is 4.37. The second-order valence-electron chi connectivity index (χ2n) is 14.0. The monoisotopic (exact) mass is 691 g/mol. The van der Waals surface area contributed by atoms with Gasteiger partial charge in [0.05, 0.1) is 27.7 Å². The van der Waals surface area contributed by atoms with E-state index in [0.717, 1.165) is 51.4 Å². The molecule has 1 N–H and O–H groups in total. The topological polar surface area (TPSA) is 108 Å². The maximum Gasteiger partial charge on any atom is 0.472 e. The number of rotatable bonds is 34. The van der Waals surface area contributed by atoms with Crippen molar-refractivity contribution in [3.63, 3.8) is 0 Å². The molecule has 0 aromatic carbocycles. The van der Waals surface area contributed by atoms with Crippen LogP contribution in [0.4, 0.5) is 0 Å². The van der Waals surface area contributed by atoms with Crippen LogP contribution in [0.2, 0.25) is 0 Å². The van der Waals surface area contributed by atoms with Gasteiger partial charge in [-0.3, -0.25) is 18.6 Å². The molecule has 9 nitrogen and oxygen atoms in total. The Morgan fingerprint density at radius 1 is 0.638 bits per heavy atom. The Morgan fingerprint density at radius 3 is 1.62 bits per heavy atom.